The molecule has 2 heterocycles. The highest BCUT2D eigenvalue weighted by Crippen LogP contribution is 2.15. The van der Waals surface area contributed by atoms with Crippen LogP contribution >= 0.6 is 0 Å². The standard InChI is InChI=1S/C17H19N3O/c21-17(20-10-7-16-3-1-2-8-19-16)14-5-4-13-6-9-18-12-15(13)11-14/h1-5,8,11,18H,6-7,9-10,12H2,(H,20,21). The van der Waals surface area contributed by atoms with E-state index in [1.54, 1.807) is 6.20 Å². The molecular weight excluding hydrogens is 262 g/mol. The van der Waals surface area contributed by atoms with Crippen molar-refractivity contribution in [2.24, 2.45) is 0 Å². The predicted octanol–water partition coefficient (Wildman–Crippen LogP) is 1.70. The van der Waals surface area contributed by atoms with Crippen molar-refractivity contribution in [3.8, 4) is 0 Å². The van der Waals surface area contributed by atoms with Crippen molar-refractivity contribution in [1.29, 1.82) is 0 Å². The number of nitrogens with zero attached hydrogens (tertiary/aromatic N) is 1. The van der Waals surface area contributed by atoms with Crippen LogP contribution in [0.3, 0.4) is 0 Å². The van der Waals surface area contributed by atoms with Crippen LogP contribution in [0.5, 0.6) is 0 Å². The van der Waals surface area contributed by atoms with Crippen molar-refractivity contribution in [1.82, 2.24) is 15.6 Å². The molecule has 108 valence electrons. The number of pyridine rings is 1. The molecule has 0 radical (unpaired) electrons. The number of aromatic nitrogens is 1. The number of amides is 1. The summed E-state index contributed by atoms with van der Waals surface area (Å²) < 4.78 is 0. The molecule has 0 saturated heterocycles. The van der Waals surface area contributed by atoms with Crippen LogP contribution in [0, 0.1) is 0 Å². The summed E-state index contributed by atoms with van der Waals surface area (Å²) in [5, 5.41) is 6.29. The summed E-state index contributed by atoms with van der Waals surface area (Å²) in [7, 11) is 0. The summed E-state index contributed by atoms with van der Waals surface area (Å²) in [5.74, 6) is -0.0145. The van der Waals surface area contributed by atoms with Crippen LogP contribution in [0.2, 0.25) is 0 Å². The van der Waals surface area contributed by atoms with Gasteiger partial charge < -0.3 is 10.6 Å². The minimum atomic E-state index is -0.0145. The van der Waals surface area contributed by atoms with Crippen LogP contribution in [0.15, 0.2) is 42.6 Å². The molecule has 1 aromatic heterocycles. The Balaban J connectivity index is 1.58. The molecule has 4 heteroatoms. The highest BCUT2D eigenvalue weighted by Gasteiger charge is 2.12. The van der Waals surface area contributed by atoms with E-state index in [0.29, 0.717) is 6.54 Å². The fraction of sp³-hybridized carbons (Fsp3) is 0.294. The Bertz CT molecular complexity index is 625. The number of carbonyl (C=O) groups excluding carboxylic acids is 1. The Hall–Kier alpha value is -2.20. The van der Waals surface area contributed by atoms with Crippen molar-refractivity contribution in [2.45, 2.75) is 19.4 Å². The molecule has 1 aromatic carbocycles. The van der Waals surface area contributed by atoms with E-state index >= 15 is 0 Å². The average molecular weight is 281 g/mol. The maximum Gasteiger partial charge on any atom is 0.251 e. The molecule has 0 atom stereocenters. The van der Waals surface area contributed by atoms with Gasteiger partial charge in [-0.3, -0.25) is 9.78 Å². The van der Waals surface area contributed by atoms with Gasteiger partial charge in [-0.25, -0.2) is 0 Å². The van der Waals surface area contributed by atoms with E-state index in [-0.39, 0.29) is 5.91 Å². The van der Waals surface area contributed by atoms with Gasteiger partial charge in [0, 0.05) is 37.0 Å². The molecule has 2 aromatic rings. The fourth-order valence-corrected chi connectivity index (χ4v) is 2.57. The van der Waals surface area contributed by atoms with E-state index in [0.717, 1.165) is 37.2 Å². The lowest BCUT2D eigenvalue weighted by Crippen LogP contribution is -2.27. The smallest absolute Gasteiger partial charge is 0.251 e. The van der Waals surface area contributed by atoms with E-state index in [1.165, 1.54) is 11.1 Å². The number of hydrogen-bond acceptors (Lipinski definition) is 3. The topological polar surface area (TPSA) is 54.0 Å². The van der Waals surface area contributed by atoms with Gasteiger partial charge in [-0.2, -0.15) is 0 Å². The summed E-state index contributed by atoms with van der Waals surface area (Å²) >= 11 is 0. The molecule has 3 rings (SSSR count). The molecule has 21 heavy (non-hydrogen) atoms. The third kappa shape index (κ3) is 3.47. The maximum absolute atomic E-state index is 12.2. The first kappa shape index (κ1) is 13.8. The summed E-state index contributed by atoms with van der Waals surface area (Å²) in [5.41, 5.74) is 4.31. The van der Waals surface area contributed by atoms with Gasteiger partial charge >= 0.3 is 0 Å². The first-order chi connectivity index (χ1) is 10.3. The van der Waals surface area contributed by atoms with Crippen LogP contribution in [0.1, 0.15) is 27.2 Å². The highest BCUT2D eigenvalue weighted by molar-refractivity contribution is 5.94. The van der Waals surface area contributed by atoms with Crippen molar-refractivity contribution in [2.75, 3.05) is 13.1 Å². The monoisotopic (exact) mass is 281 g/mol. The van der Waals surface area contributed by atoms with E-state index in [1.807, 2.05) is 30.3 Å². The molecule has 0 unspecified atom stereocenters. The maximum atomic E-state index is 12.2. The Morgan fingerprint density at radius 1 is 1.24 bits per heavy atom. The van der Waals surface area contributed by atoms with Gasteiger partial charge in [0.2, 0.25) is 0 Å². The van der Waals surface area contributed by atoms with Crippen LogP contribution < -0.4 is 10.6 Å². The van der Waals surface area contributed by atoms with Crippen LogP contribution in [0.25, 0.3) is 0 Å². The molecule has 1 amide bonds. The Morgan fingerprint density at radius 2 is 2.19 bits per heavy atom. The first-order valence-corrected chi connectivity index (χ1v) is 7.33. The van der Waals surface area contributed by atoms with E-state index < -0.39 is 0 Å². The Kier molecular flexibility index (Phi) is 4.26. The highest BCUT2D eigenvalue weighted by atomic mass is 16.1. The number of fused-ring (bicyclic) bond motifs is 1. The largest absolute Gasteiger partial charge is 0.352 e. The minimum absolute atomic E-state index is 0.0145. The van der Waals surface area contributed by atoms with E-state index in [2.05, 4.69) is 21.7 Å². The number of nitrogens with one attached hydrogen (secondary N) is 2. The van der Waals surface area contributed by atoms with E-state index in [4.69, 9.17) is 0 Å². The van der Waals surface area contributed by atoms with Crippen molar-refractivity contribution in [3.63, 3.8) is 0 Å². The SMILES string of the molecule is O=C(NCCc1ccccn1)c1ccc2c(c1)CNCC2. The minimum Gasteiger partial charge on any atom is -0.352 e. The Labute approximate surface area is 124 Å². The van der Waals surface area contributed by atoms with Crippen LogP contribution in [-0.2, 0) is 19.4 Å². The van der Waals surface area contributed by atoms with Gasteiger partial charge in [0.1, 0.15) is 0 Å². The van der Waals surface area contributed by atoms with Crippen LogP contribution in [-0.4, -0.2) is 24.0 Å². The van der Waals surface area contributed by atoms with Crippen molar-refractivity contribution < 1.29 is 4.79 Å². The molecule has 2 N–H and O–H groups in total. The van der Waals surface area contributed by atoms with Crippen molar-refractivity contribution in [3.05, 3.63) is 65.0 Å². The van der Waals surface area contributed by atoms with Gasteiger partial charge in [-0.1, -0.05) is 12.1 Å². The lowest BCUT2D eigenvalue weighted by molar-refractivity contribution is 0.0954. The lowest BCUT2D eigenvalue weighted by Gasteiger charge is -2.17. The molecule has 1 aliphatic rings. The second kappa shape index (κ2) is 6.50. The van der Waals surface area contributed by atoms with Gasteiger partial charge in [-0.05, 0) is 48.4 Å². The van der Waals surface area contributed by atoms with E-state index in [9.17, 15) is 4.79 Å². The zero-order chi connectivity index (χ0) is 14.5. The van der Waals surface area contributed by atoms with Crippen LogP contribution in [0.4, 0.5) is 0 Å². The molecular formula is C17H19N3O. The summed E-state index contributed by atoms with van der Waals surface area (Å²) in [4.78, 5) is 16.4. The third-order valence-electron chi connectivity index (χ3n) is 3.75. The van der Waals surface area contributed by atoms with Gasteiger partial charge in [0.25, 0.3) is 5.91 Å². The number of carbonyl (C=O) groups is 1. The van der Waals surface area contributed by atoms with Gasteiger partial charge in [0.15, 0.2) is 0 Å². The Morgan fingerprint density at radius 3 is 3.05 bits per heavy atom. The molecule has 1 aliphatic heterocycles. The molecule has 4 nitrogen and oxygen atoms in total. The number of rotatable bonds is 4. The predicted molar refractivity (Wildman–Crippen MR) is 82.1 cm³/mol. The normalized spacial score (nSPS) is 13.5. The average Bonchev–Trinajstić information content (AvgIpc) is 2.55. The molecule has 0 aliphatic carbocycles. The molecule has 0 fully saturated rings. The molecule has 0 bridgehead atoms. The number of hydrogen-bond donors (Lipinski definition) is 2. The molecule has 0 saturated carbocycles. The zero-order valence-corrected chi connectivity index (χ0v) is 11.9. The first-order valence-electron chi connectivity index (χ1n) is 7.33. The van der Waals surface area contributed by atoms with Gasteiger partial charge in [-0.15, -0.1) is 0 Å². The zero-order valence-electron chi connectivity index (χ0n) is 11.9. The second-order valence-corrected chi connectivity index (χ2v) is 5.24. The van der Waals surface area contributed by atoms with Crippen molar-refractivity contribution >= 4 is 5.91 Å². The summed E-state index contributed by atoms with van der Waals surface area (Å²) in [6.07, 6.45) is 3.56. The summed E-state index contributed by atoms with van der Waals surface area (Å²) in [6.45, 7) is 2.47. The summed E-state index contributed by atoms with van der Waals surface area (Å²) in [6, 6.07) is 11.8. The quantitative estimate of drug-likeness (QED) is 0.897. The molecule has 0 spiro atoms. The van der Waals surface area contributed by atoms with Gasteiger partial charge in [0.05, 0.1) is 0 Å². The lowest BCUT2D eigenvalue weighted by atomic mass is 9.98. The number of benzene rings is 1. The fourth-order valence-electron chi connectivity index (χ4n) is 2.57. The second-order valence-electron chi connectivity index (χ2n) is 5.24. The third-order valence-corrected chi connectivity index (χ3v) is 3.75.